The zero-order chi connectivity index (χ0) is 17.1. The van der Waals surface area contributed by atoms with Crippen molar-refractivity contribution in [1.82, 2.24) is 19.9 Å². The average Bonchev–Trinajstić information content (AvgIpc) is 2.58. The van der Waals surface area contributed by atoms with Crippen LogP contribution in [-0.4, -0.2) is 63.1 Å². The number of nitrogens with zero attached hydrogens (tertiary/aromatic N) is 6. The summed E-state index contributed by atoms with van der Waals surface area (Å²) < 4.78 is 0. The van der Waals surface area contributed by atoms with Crippen molar-refractivity contribution in [1.29, 1.82) is 0 Å². The third-order valence-corrected chi connectivity index (χ3v) is 4.63. The number of pyridine rings is 1. The van der Waals surface area contributed by atoms with Crippen LogP contribution in [0.1, 0.15) is 0 Å². The molecule has 0 aromatic carbocycles. The van der Waals surface area contributed by atoms with Crippen LogP contribution < -0.4 is 4.90 Å². The molecule has 1 aliphatic heterocycles. The van der Waals surface area contributed by atoms with Gasteiger partial charge < -0.3 is 25.0 Å². The van der Waals surface area contributed by atoms with E-state index in [1.165, 1.54) is 24.0 Å². The molecule has 9 nitrogen and oxygen atoms in total. The summed E-state index contributed by atoms with van der Waals surface area (Å²) >= 11 is 1.20. The number of likely N-dealkylation sites (N-methyl/N-ethyl adjacent to an activating group) is 1. The fourth-order valence-corrected chi connectivity index (χ4v) is 2.99. The first-order valence-corrected chi connectivity index (χ1v) is 8.12. The zero-order valence-corrected chi connectivity index (χ0v) is 13.8. The fraction of sp³-hybridized carbons (Fsp3) is 0.357. The summed E-state index contributed by atoms with van der Waals surface area (Å²) in [5.41, 5.74) is 0. The highest BCUT2D eigenvalue weighted by atomic mass is 32.2. The molecule has 0 saturated carbocycles. The predicted molar refractivity (Wildman–Crippen MR) is 88.4 cm³/mol. The molecule has 3 rings (SSSR count). The van der Waals surface area contributed by atoms with E-state index in [9.17, 15) is 15.2 Å². The van der Waals surface area contributed by atoms with Gasteiger partial charge in [-0.15, -0.1) is 0 Å². The summed E-state index contributed by atoms with van der Waals surface area (Å²) in [6.07, 6.45) is 2.94. The van der Waals surface area contributed by atoms with Crippen LogP contribution in [0.3, 0.4) is 0 Å². The molecule has 1 aliphatic rings. The van der Waals surface area contributed by atoms with Gasteiger partial charge in [-0.25, -0.2) is 4.98 Å². The molecule has 0 atom stereocenters. The lowest BCUT2D eigenvalue weighted by Crippen LogP contribution is -2.45. The summed E-state index contributed by atoms with van der Waals surface area (Å²) in [6, 6.07) is 2.89. The maximum atomic E-state index is 10.6. The Labute approximate surface area is 142 Å². The van der Waals surface area contributed by atoms with Crippen molar-refractivity contribution in [3.63, 3.8) is 0 Å². The SMILES string of the molecule is CN1CCN(c2ncc(Sc3ccc([N+](=O)[O-])nc3)c(O)n2)CC1. The van der Waals surface area contributed by atoms with E-state index in [2.05, 4.69) is 26.9 Å². The number of aromatic nitrogens is 3. The van der Waals surface area contributed by atoms with E-state index in [0.717, 1.165) is 26.2 Å². The van der Waals surface area contributed by atoms with Crippen molar-refractivity contribution in [2.75, 3.05) is 38.1 Å². The number of rotatable bonds is 4. The van der Waals surface area contributed by atoms with Crippen molar-refractivity contribution in [3.8, 4) is 5.88 Å². The van der Waals surface area contributed by atoms with Gasteiger partial charge in [-0.1, -0.05) is 11.8 Å². The smallest absolute Gasteiger partial charge is 0.363 e. The van der Waals surface area contributed by atoms with Gasteiger partial charge in [0.15, 0.2) is 6.20 Å². The van der Waals surface area contributed by atoms with Crippen molar-refractivity contribution in [2.24, 2.45) is 0 Å². The van der Waals surface area contributed by atoms with Gasteiger partial charge in [-0.3, -0.25) is 0 Å². The molecule has 0 spiro atoms. The van der Waals surface area contributed by atoms with Gasteiger partial charge in [0, 0.05) is 32.2 Å². The molecular formula is C14H16N6O3S. The van der Waals surface area contributed by atoms with Crippen LogP contribution in [0.2, 0.25) is 0 Å². The Hall–Kier alpha value is -2.46. The lowest BCUT2D eigenvalue weighted by Gasteiger charge is -2.32. The topological polar surface area (TPSA) is 109 Å². The van der Waals surface area contributed by atoms with E-state index in [0.29, 0.717) is 15.7 Å². The Morgan fingerprint density at radius 1 is 1.21 bits per heavy atom. The van der Waals surface area contributed by atoms with Crippen LogP contribution in [0.15, 0.2) is 34.3 Å². The van der Waals surface area contributed by atoms with Crippen molar-refractivity contribution in [2.45, 2.75) is 9.79 Å². The molecule has 10 heteroatoms. The molecule has 24 heavy (non-hydrogen) atoms. The quantitative estimate of drug-likeness (QED) is 0.647. The van der Waals surface area contributed by atoms with Gasteiger partial charge in [-0.05, 0) is 23.0 Å². The maximum absolute atomic E-state index is 10.6. The van der Waals surface area contributed by atoms with Crippen LogP contribution in [0.5, 0.6) is 5.88 Å². The molecule has 0 aliphatic carbocycles. The van der Waals surface area contributed by atoms with Crippen LogP contribution in [0, 0.1) is 10.1 Å². The molecule has 1 fully saturated rings. The predicted octanol–water partition coefficient (Wildman–Crippen LogP) is 1.39. The first-order valence-electron chi connectivity index (χ1n) is 7.31. The van der Waals surface area contributed by atoms with Crippen molar-refractivity contribution < 1.29 is 10.0 Å². The Morgan fingerprint density at radius 3 is 2.54 bits per heavy atom. The molecule has 1 saturated heterocycles. The van der Waals surface area contributed by atoms with E-state index in [1.807, 2.05) is 4.90 Å². The monoisotopic (exact) mass is 348 g/mol. The lowest BCUT2D eigenvalue weighted by molar-refractivity contribution is -0.389. The summed E-state index contributed by atoms with van der Waals surface area (Å²) in [5, 5.41) is 20.7. The fourth-order valence-electron chi connectivity index (χ4n) is 2.25. The minimum absolute atomic E-state index is 0.109. The van der Waals surface area contributed by atoms with E-state index in [4.69, 9.17) is 0 Å². The summed E-state index contributed by atoms with van der Waals surface area (Å²) in [6.45, 7) is 3.48. The van der Waals surface area contributed by atoms with Gasteiger partial charge in [-0.2, -0.15) is 4.98 Å². The van der Waals surface area contributed by atoms with E-state index >= 15 is 0 Å². The summed E-state index contributed by atoms with van der Waals surface area (Å²) in [5.74, 6) is 0.180. The number of aromatic hydroxyl groups is 1. The molecule has 0 bridgehead atoms. The average molecular weight is 348 g/mol. The minimum atomic E-state index is -0.556. The number of anilines is 1. The molecule has 2 aromatic rings. The largest absolute Gasteiger partial charge is 0.492 e. The lowest BCUT2D eigenvalue weighted by atomic mass is 10.3. The highest BCUT2D eigenvalue weighted by Crippen LogP contribution is 2.33. The molecule has 0 amide bonds. The first-order chi connectivity index (χ1) is 11.5. The second kappa shape index (κ2) is 6.97. The van der Waals surface area contributed by atoms with Gasteiger partial charge in [0.25, 0.3) is 0 Å². The second-order valence-electron chi connectivity index (χ2n) is 5.36. The van der Waals surface area contributed by atoms with Gasteiger partial charge >= 0.3 is 5.82 Å². The van der Waals surface area contributed by atoms with Crippen LogP contribution in [0.25, 0.3) is 0 Å². The normalized spacial score (nSPS) is 15.5. The Kier molecular flexibility index (Phi) is 4.76. The number of hydrogen-bond donors (Lipinski definition) is 1. The molecular weight excluding hydrogens is 332 g/mol. The van der Waals surface area contributed by atoms with E-state index in [1.54, 1.807) is 12.3 Å². The summed E-state index contributed by atoms with van der Waals surface area (Å²) in [4.78, 5) is 27.7. The van der Waals surface area contributed by atoms with Gasteiger partial charge in [0.05, 0.1) is 16.0 Å². The van der Waals surface area contributed by atoms with Crippen molar-refractivity contribution in [3.05, 3.63) is 34.6 Å². The van der Waals surface area contributed by atoms with Crippen LogP contribution in [-0.2, 0) is 0 Å². The first kappa shape index (κ1) is 16.4. The molecule has 1 N–H and O–H groups in total. The van der Waals surface area contributed by atoms with Crippen molar-refractivity contribution >= 4 is 23.5 Å². The standard InChI is InChI=1S/C14H16N6O3S/c1-18-4-6-19(7-5-18)14-16-9-11(13(21)17-14)24-10-2-3-12(15-8-10)20(22)23/h2-3,8-9H,4-7H2,1H3,(H,16,17,21). The molecule has 2 aromatic heterocycles. The second-order valence-corrected chi connectivity index (χ2v) is 6.47. The van der Waals surface area contributed by atoms with E-state index < -0.39 is 4.92 Å². The van der Waals surface area contributed by atoms with E-state index in [-0.39, 0.29) is 11.7 Å². The molecule has 0 radical (unpaired) electrons. The highest BCUT2D eigenvalue weighted by Gasteiger charge is 2.18. The highest BCUT2D eigenvalue weighted by molar-refractivity contribution is 7.99. The molecule has 126 valence electrons. The summed E-state index contributed by atoms with van der Waals surface area (Å²) in [7, 11) is 2.06. The Bertz CT molecular complexity index is 734. The number of nitro groups is 1. The Balaban J connectivity index is 1.71. The molecule has 3 heterocycles. The third-order valence-electron chi connectivity index (χ3n) is 3.65. The van der Waals surface area contributed by atoms with Crippen LogP contribution in [0.4, 0.5) is 11.8 Å². The van der Waals surface area contributed by atoms with Gasteiger partial charge in [0.2, 0.25) is 11.8 Å². The van der Waals surface area contributed by atoms with Crippen LogP contribution >= 0.6 is 11.8 Å². The Morgan fingerprint density at radius 2 is 1.96 bits per heavy atom. The van der Waals surface area contributed by atoms with Gasteiger partial charge in [0.1, 0.15) is 0 Å². The maximum Gasteiger partial charge on any atom is 0.363 e. The number of piperazine rings is 1. The minimum Gasteiger partial charge on any atom is -0.492 e. The molecule has 0 unspecified atom stereocenters. The third kappa shape index (κ3) is 3.71. The number of hydrogen-bond acceptors (Lipinski definition) is 9. The zero-order valence-electron chi connectivity index (χ0n) is 13.0.